The van der Waals surface area contributed by atoms with E-state index in [9.17, 15) is 5.26 Å². The summed E-state index contributed by atoms with van der Waals surface area (Å²) in [6.07, 6.45) is 3.10. The number of nitrogens with one attached hydrogen (secondary N) is 1. The van der Waals surface area contributed by atoms with E-state index in [4.69, 9.17) is 0 Å². The van der Waals surface area contributed by atoms with E-state index >= 15 is 0 Å². The SMILES string of the molecule is CCNC(C)(C#N)CC(C)Sc1nnnn1C1CC1. The average molecular weight is 280 g/mol. The molecule has 1 heterocycles. The number of nitrogens with zero attached hydrogens (tertiary/aromatic N) is 5. The molecule has 1 aromatic rings. The van der Waals surface area contributed by atoms with Crippen LogP contribution in [0.3, 0.4) is 0 Å². The van der Waals surface area contributed by atoms with Gasteiger partial charge in [-0.25, -0.2) is 4.68 Å². The largest absolute Gasteiger partial charge is 0.300 e. The Morgan fingerprint density at radius 2 is 2.37 bits per heavy atom. The van der Waals surface area contributed by atoms with E-state index < -0.39 is 5.54 Å². The number of tetrazole rings is 1. The normalized spacial score (nSPS) is 19.7. The van der Waals surface area contributed by atoms with Gasteiger partial charge < -0.3 is 0 Å². The van der Waals surface area contributed by atoms with Crippen LogP contribution in [0.1, 0.15) is 46.1 Å². The molecule has 104 valence electrons. The third kappa shape index (κ3) is 3.67. The lowest BCUT2D eigenvalue weighted by Crippen LogP contribution is -2.42. The van der Waals surface area contributed by atoms with Gasteiger partial charge in [0.25, 0.3) is 0 Å². The highest BCUT2D eigenvalue weighted by Gasteiger charge is 2.30. The summed E-state index contributed by atoms with van der Waals surface area (Å²) < 4.78 is 1.91. The van der Waals surface area contributed by atoms with E-state index in [2.05, 4.69) is 33.8 Å². The van der Waals surface area contributed by atoms with E-state index in [1.54, 1.807) is 11.8 Å². The van der Waals surface area contributed by atoms with Gasteiger partial charge in [0.05, 0.1) is 12.1 Å². The Bertz CT molecular complexity index is 463. The van der Waals surface area contributed by atoms with Crippen LogP contribution in [0, 0.1) is 11.3 Å². The summed E-state index contributed by atoms with van der Waals surface area (Å²) in [6, 6.07) is 2.84. The molecule has 6 nitrogen and oxygen atoms in total. The number of rotatable bonds is 7. The molecule has 1 aliphatic rings. The minimum Gasteiger partial charge on any atom is -0.300 e. The first-order chi connectivity index (χ1) is 9.08. The smallest absolute Gasteiger partial charge is 0.209 e. The molecule has 1 saturated carbocycles. The Balaban J connectivity index is 1.95. The number of hydrogen-bond donors (Lipinski definition) is 1. The van der Waals surface area contributed by atoms with Crippen LogP contribution in [0.25, 0.3) is 0 Å². The molecule has 1 aromatic heterocycles. The lowest BCUT2D eigenvalue weighted by Gasteiger charge is -2.25. The first-order valence-corrected chi connectivity index (χ1v) is 7.56. The molecule has 0 saturated heterocycles. The molecule has 2 unspecified atom stereocenters. The average Bonchev–Trinajstić information content (AvgIpc) is 3.11. The Morgan fingerprint density at radius 1 is 1.63 bits per heavy atom. The minimum atomic E-state index is -0.487. The summed E-state index contributed by atoms with van der Waals surface area (Å²) in [6.45, 7) is 6.86. The van der Waals surface area contributed by atoms with E-state index in [-0.39, 0.29) is 5.25 Å². The van der Waals surface area contributed by atoms with Crippen molar-refractivity contribution in [1.82, 2.24) is 25.5 Å². The van der Waals surface area contributed by atoms with Crippen LogP contribution in [-0.4, -0.2) is 37.5 Å². The van der Waals surface area contributed by atoms with Gasteiger partial charge in [-0.2, -0.15) is 5.26 Å². The zero-order valence-electron chi connectivity index (χ0n) is 11.6. The van der Waals surface area contributed by atoms with Crippen molar-refractivity contribution in [1.29, 1.82) is 5.26 Å². The summed E-state index contributed by atoms with van der Waals surface area (Å²) in [4.78, 5) is 0. The van der Waals surface area contributed by atoms with Crippen molar-refractivity contribution >= 4 is 11.8 Å². The molecular formula is C12H20N6S. The van der Waals surface area contributed by atoms with Crippen LogP contribution in [0.15, 0.2) is 5.16 Å². The number of hydrogen-bond acceptors (Lipinski definition) is 6. The zero-order chi connectivity index (χ0) is 13.9. The molecule has 0 radical (unpaired) electrons. The predicted octanol–water partition coefficient (Wildman–Crippen LogP) is 1.77. The van der Waals surface area contributed by atoms with Crippen molar-refractivity contribution in [2.24, 2.45) is 0 Å². The Labute approximate surface area is 117 Å². The van der Waals surface area contributed by atoms with Gasteiger partial charge in [0, 0.05) is 5.25 Å². The molecule has 0 bridgehead atoms. The monoisotopic (exact) mass is 280 g/mol. The Hall–Kier alpha value is -1.13. The van der Waals surface area contributed by atoms with Crippen LogP contribution in [0.5, 0.6) is 0 Å². The molecule has 19 heavy (non-hydrogen) atoms. The van der Waals surface area contributed by atoms with Crippen molar-refractivity contribution in [3.63, 3.8) is 0 Å². The first kappa shape index (κ1) is 14.3. The minimum absolute atomic E-state index is 0.284. The predicted molar refractivity (Wildman–Crippen MR) is 73.7 cm³/mol. The molecule has 1 N–H and O–H groups in total. The molecule has 0 aliphatic heterocycles. The van der Waals surface area contributed by atoms with Gasteiger partial charge in [0.15, 0.2) is 0 Å². The summed E-state index contributed by atoms with van der Waals surface area (Å²) >= 11 is 1.65. The highest BCUT2D eigenvalue weighted by atomic mass is 32.2. The van der Waals surface area contributed by atoms with Crippen molar-refractivity contribution in [3.05, 3.63) is 0 Å². The van der Waals surface area contributed by atoms with E-state index in [1.807, 2.05) is 18.5 Å². The van der Waals surface area contributed by atoms with Crippen molar-refractivity contribution in [2.45, 2.75) is 62.0 Å². The maximum Gasteiger partial charge on any atom is 0.209 e. The maximum absolute atomic E-state index is 9.28. The second-order valence-electron chi connectivity index (χ2n) is 5.24. The first-order valence-electron chi connectivity index (χ1n) is 6.69. The molecule has 7 heteroatoms. The van der Waals surface area contributed by atoms with Crippen LogP contribution in [-0.2, 0) is 0 Å². The van der Waals surface area contributed by atoms with Crippen LogP contribution in [0.4, 0.5) is 0 Å². The fourth-order valence-electron chi connectivity index (χ4n) is 2.16. The summed E-state index contributed by atoms with van der Waals surface area (Å²) in [5.74, 6) is 0. The molecule has 1 fully saturated rings. The van der Waals surface area contributed by atoms with Crippen LogP contribution >= 0.6 is 11.8 Å². The topological polar surface area (TPSA) is 79.4 Å². The summed E-state index contributed by atoms with van der Waals surface area (Å²) in [7, 11) is 0. The molecule has 1 aliphatic carbocycles. The fraction of sp³-hybridized carbons (Fsp3) is 0.833. The Morgan fingerprint density at radius 3 is 2.95 bits per heavy atom. The number of thioether (sulfide) groups is 1. The van der Waals surface area contributed by atoms with Crippen LogP contribution in [0.2, 0.25) is 0 Å². The highest BCUT2D eigenvalue weighted by Crippen LogP contribution is 2.37. The second kappa shape index (κ2) is 5.88. The lowest BCUT2D eigenvalue weighted by atomic mass is 9.98. The third-order valence-corrected chi connectivity index (χ3v) is 4.22. The summed E-state index contributed by atoms with van der Waals surface area (Å²) in [5.41, 5.74) is -0.487. The highest BCUT2D eigenvalue weighted by molar-refractivity contribution is 7.99. The van der Waals surface area contributed by atoms with E-state index in [1.165, 1.54) is 12.8 Å². The zero-order valence-corrected chi connectivity index (χ0v) is 12.4. The van der Waals surface area contributed by atoms with Gasteiger partial charge in [-0.05, 0) is 43.2 Å². The number of nitriles is 1. The van der Waals surface area contributed by atoms with Crippen molar-refractivity contribution in [3.8, 4) is 6.07 Å². The maximum atomic E-state index is 9.28. The van der Waals surface area contributed by atoms with Crippen molar-refractivity contribution in [2.75, 3.05) is 6.54 Å². The van der Waals surface area contributed by atoms with E-state index in [0.29, 0.717) is 6.04 Å². The van der Waals surface area contributed by atoms with Crippen LogP contribution < -0.4 is 5.32 Å². The van der Waals surface area contributed by atoms with E-state index in [0.717, 1.165) is 18.1 Å². The summed E-state index contributed by atoms with van der Waals surface area (Å²) in [5, 5.41) is 25.5. The van der Waals surface area contributed by atoms with Gasteiger partial charge in [-0.3, -0.25) is 5.32 Å². The Kier molecular flexibility index (Phi) is 4.42. The molecule has 0 amide bonds. The molecule has 0 spiro atoms. The van der Waals surface area contributed by atoms with Gasteiger partial charge >= 0.3 is 0 Å². The van der Waals surface area contributed by atoms with Gasteiger partial charge in [-0.15, -0.1) is 5.10 Å². The quantitative estimate of drug-likeness (QED) is 0.767. The van der Waals surface area contributed by atoms with Crippen molar-refractivity contribution < 1.29 is 0 Å². The molecule has 0 aromatic carbocycles. The fourth-order valence-corrected chi connectivity index (χ4v) is 3.31. The van der Waals surface area contributed by atoms with Gasteiger partial charge in [0.1, 0.15) is 5.54 Å². The standard InChI is InChI=1S/C12H20N6S/c1-4-14-12(3,8-13)7-9(2)19-11-15-16-17-18(11)10-5-6-10/h9-10,14H,4-7H2,1-3H3. The number of aromatic nitrogens is 4. The molecule has 2 atom stereocenters. The lowest BCUT2D eigenvalue weighted by molar-refractivity contribution is 0.429. The van der Waals surface area contributed by atoms with Gasteiger partial charge in [-0.1, -0.05) is 25.6 Å². The van der Waals surface area contributed by atoms with Gasteiger partial charge in [0.2, 0.25) is 5.16 Å². The molecule has 2 rings (SSSR count). The second-order valence-corrected chi connectivity index (χ2v) is 6.65. The molecular weight excluding hydrogens is 260 g/mol. The third-order valence-electron chi connectivity index (χ3n) is 3.17.